The molecule has 0 bridgehead atoms. The number of hydrogen-bond donors (Lipinski definition) is 0. The number of nitrogens with zero attached hydrogens (tertiary/aromatic N) is 4. The van der Waals surface area contributed by atoms with Gasteiger partial charge in [0.15, 0.2) is 0 Å². The van der Waals surface area contributed by atoms with Gasteiger partial charge in [-0.25, -0.2) is 0 Å². The van der Waals surface area contributed by atoms with Gasteiger partial charge in [0.05, 0.1) is 0 Å². The van der Waals surface area contributed by atoms with Crippen LogP contribution >= 0.6 is 0 Å². The summed E-state index contributed by atoms with van der Waals surface area (Å²) in [5.41, 5.74) is 0. The van der Waals surface area contributed by atoms with Crippen LogP contribution in [0.2, 0.25) is 0 Å². The number of amides is 1. The second-order valence-electron chi connectivity index (χ2n) is 5.20. The number of likely N-dealkylation sites (tertiary alicyclic amines) is 1. The Hall–Kier alpha value is -1.39. The molecule has 0 N–H and O–H groups in total. The van der Waals surface area contributed by atoms with E-state index >= 15 is 0 Å². The van der Waals surface area contributed by atoms with Gasteiger partial charge in [0.2, 0.25) is 5.91 Å². The highest BCUT2D eigenvalue weighted by molar-refractivity contribution is 5.81. The predicted molar refractivity (Wildman–Crippen MR) is 62.3 cm³/mol. The Bertz CT molecular complexity index is 424. The van der Waals surface area contributed by atoms with E-state index < -0.39 is 0 Å². The summed E-state index contributed by atoms with van der Waals surface area (Å²) in [5.74, 6) is 2.06. The van der Waals surface area contributed by atoms with Crippen LogP contribution in [-0.2, 0) is 11.8 Å². The van der Waals surface area contributed by atoms with E-state index in [1.165, 1.54) is 0 Å². The van der Waals surface area contributed by atoms with Gasteiger partial charge in [-0.2, -0.15) is 0 Å². The summed E-state index contributed by atoms with van der Waals surface area (Å²) >= 11 is 0. The third kappa shape index (κ3) is 2.06. The number of piperidine rings is 1. The maximum Gasteiger partial charge on any atom is 0.225 e. The molecule has 5 nitrogen and oxygen atoms in total. The van der Waals surface area contributed by atoms with Gasteiger partial charge in [-0.05, 0) is 25.7 Å². The fourth-order valence-corrected chi connectivity index (χ4v) is 2.64. The molecule has 2 fully saturated rings. The van der Waals surface area contributed by atoms with Crippen molar-refractivity contribution < 1.29 is 4.79 Å². The number of carbonyl (C=O) groups is 1. The lowest BCUT2D eigenvalue weighted by molar-refractivity contribution is -0.133. The van der Waals surface area contributed by atoms with Gasteiger partial charge >= 0.3 is 0 Å². The van der Waals surface area contributed by atoms with E-state index in [2.05, 4.69) is 10.2 Å². The molecule has 1 aromatic heterocycles. The molecule has 1 unspecified atom stereocenters. The summed E-state index contributed by atoms with van der Waals surface area (Å²) in [6.07, 6.45) is 6.10. The van der Waals surface area contributed by atoms with Crippen molar-refractivity contribution in [2.45, 2.75) is 31.6 Å². The van der Waals surface area contributed by atoms with E-state index in [1.54, 1.807) is 6.33 Å². The first-order valence-corrected chi connectivity index (χ1v) is 6.38. The first-order valence-electron chi connectivity index (χ1n) is 6.38. The molecule has 92 valence electrons. The van der Waals surface area contributed by atoms with Crippen molar-refractivity contribution in [3.63, 3.8) is 0 Å². The third-order valence-corrected chi connectivity index (χ3v) is 3.77. The first kappa shape index (κ1) is 10.7. The zero-order valence-electron chi connectivity index (χ0n) is 10.2. The van der Waals surface area contributed by atoms with Crippen LogP contribution < -0.4 is 0 Å². The Morgan fingerprint density at radius 3 is 2.88 bits per heavy atom. The van der Waals surface area contributed by atoms with Crippen LogP contribution in [0.1, 0.15) is 37.4 Å². The highest BCUT2D eigenvalue weighted by Gasteiger charge is 2.36. The van der Waals surface area contributed by atoms with Crippen molar-refractivity contribution in [2.75, 3.05) is 13.1 Å². The molecule has 1 amide bonds. The van der Waals surface area contributed by atoms with E-state index in [0.29, 0.717) is 17.7 Å². The highest BCUT2D eigenvalue weighted by atomic mass is 16.2. The Labute approximate surface area is 101 Å². The monoisotopic (exact) mass is 234 g/mol. The minimum Gasteiger partial charge on any atom is -0.342 e. The minimum absolute atomic E-state index is 0.327. The van der Waals surface area contributed by atoms with Crippen molar-refractivity contribution in [3.8, 4) is 0 Å². The molecule has 1 saturated heterocycles. The largest absolute Gasteiger partial charge is 0.342 e. The van der Waals surface area contributed by atoms with Crippen LogP contribution in [-0.4, -0.2) is 38.7 Å². The lowest BCUT2D eigenvalue weighted by Crippen LogP contribution is -2.40. The predicted octanol–water partition coefficient (Wildman–Crippen LogP) is 0.931. The molecule has 0 spiro atoms. The highest BCUT2D eigenvalue weighted by Crippen LogP contribution is 2.33. The molecule has 0 aromatic carbocycles. The molecule has 3 rings (SSSR count). The van der Waals surface area contributed by atoms with Gasteiger partial charge in [0.25, 0.3) is 0 Å². The SMILES string of the molecule is Cn1cnnc1C1CCCN(C(=O)C2CC2)C1. The van der Waals surface area contributed by atoms with Gasteiger partial charge in [0, 0.05) is 32.0 Å². The first-order chi connectivity index (χ1) is 8.25. The van der Waals surface area contributed by atoms with Gasteiger partial charge < -0.3 is 9.47 Å². The third-order valence-electron chi connectivity index (χ3n) is 3.77. The Morgan fingerprint density at radius 2 is 2.24 bits per heavy atom. The molecule has 1 atom stereocenters. The maximum atomic E-state index is 12.0. The van der Waals surface area contributed by atoms with Crippen molar-refractivity contribution in [1.82, 2.24) is 19.7 Å². The number of rotatable bonds is 2. The fraction of sp³-hybridized carbons (Fsp3) is 0.750. The van der Waals surface area contributed by atoms with E-state index in [-0.39, 0.29) is 0 Å². The van der Waals surface area contributed by atoms with Crippen LogP contribution in [0.4, 0.5) is 0 Å². The molecule has 1 aliphatic heterocycles. The topological polar surface area (TPSA) is 51.0 Å². The maximum absolute atomic E-state index is 12.0. The standard InChI is InChI=1S/C12H18N4O/c1-15-8-13-14-11(15)10-3-2-6-16(7-10)12(17)9-4-5-9/h8-10H,2-7H2,1H3. The van der Waals surface area contributed by atoms with Crippen LogP contribution in [0, 0.1) is 5.92 Å². The number of hydrogen-bond acceptors (Lipinski definition) is 3. The average molecular weight is 234 g/mol. The lowest BCUT2D eigenvalue weighted by atomic mass is 9.97. The van der Waals surface area contributed by atoms with Crippen molar-refractivity contribution >= 4 is 5.91 Å². The van der Waals surface area contributed by atoms with Gasteiger partial charge in [-0.15, -0.1) is 10.2 Å². The summed E-state index contributed by atoms with van der Waals surface area (Å²) in [6, 6.07) is 0. The molecular formula is C12H18N4O. The van der Waals surface area contributed by atoms with Gasteiger partial charge in [-0.1, -0.05) is 0 Å². The average Bonchev–Trinajstić information content (AvgIpc) is 3.11. The summed E-state index contributed by atoms with van der Waals surface area (Å²) in [7, 11) is 1.97. The summed E-state index contributed by atoms with van der Waals surface area (Å²) in [6.45, 7) is 1.74. The Kier molecular flexibility index (Phi) is 2.61. The summed E-state index contributed by atoms with van der Waals surface area (Å²) < 4.78 is 1.97. The Morgan fingerprint density at radius 1 is 1.41 bits per heavy atom. The molecule has 1 saturated carbocycles. The zero-order valence-corrected chi connectivity index (χ0v) is 10.2. The molecule has 1 aromatic rings. The molecule has 5 heteroatoms. The summed E-state index contributed by atoms with van der Waals surface area (Å²) in [5, 5.41) is 8.09. The van der Waals surface area contributed by atoms with Gasteiger partial charge in [0.1, 0.15) is 12.2 Å². The molecule has 1 aliphatic carbocycles. The number of aryl methyl sites for hydroxylation is 1. The van der Waals surface area contributed by atoms with Crippen LogP contribution in [0.3, 0.4) is 0 Å². The van der Waals surface area contributed by atoms with Crippen molar-refractivity contribution in [1.29, 1.82) is 0 Å². The smallest absolute Gasteiger partial charge is 0.225 e. The number of aromatic nitrogens is 3. The van der Waals surface area contributed by atoms with E-state index in [1.807, 2.05) is 16.5 Å². The molecular weight excluding hydrogens is 216 g/mol. The lowest BCUT2D eigenvalue weighted by Gasteiger charge is -2.32. The van der Waals surface area contributed by atoms with Crippen molar-refractivity contribution in [2.24, 2.45) is 13.0 Å². The second-order valence-corrected chi connectivity index (χ2v) is 5.20. The van der Waals surface area contributed by atoms with E-state index in [9.17, 15) is 4.79 Å². The second kappa shape index (κ2) is 4.13. The molecule has 0 radical (unpaired) electrons. The van der Waals surface area contributed by atoms with Gasteiger partial charge in [-0.3, -0.25) is 4.79 Å². The zero-order chi connectivity index (χ0) is 11.8. The molecule has 2 aliphatic rings. The van der Waals surface area contributed by atoms with E-state index in [0.717, 1.165) is 44.6 Å². The quantitative estimate of drug-likeness (QED) is 0.765. The normalized spacial score (nSPS) is 25.0. The minimum atomic E-state index is 0.327. The van der Waals surface area contributed by atoms with Crippen LogP contribution in [0.5, 0.6) is 0 Å². The molecule has 17 heavy (non-hydrogen) atoms. The molecule has 2 heterocycles. The Balaban J connectivity index is 1.71. The van der Waals surface area contributed by atoms with E-state index in [4.69, 9.17) is 0 Å². The summed E-state index contributed by atoms with van der Waals surface area (Å²) in [4.78, 5) is 14.1. The fourth-order valence-electron chi connectivity index (χ4n) is 2.64. The van der Waals surface area contributed by atoms with Crippen molar-refractivity contribution in [3.05, 3.63) is 12.2 Å². The van der Waals surface area contributed by atoms with Crippen LogP contribution in [0.25, 0.3) is 0 Å². The van der Waals surface area contributed by atoms with Crippen LogP contribution in [0.15, 0.2) is 6.33 Å². The number of carbonyl (C=O) groups excluding carboxylic acids is 1.